The lowest BCUT2D eigenvalue weighted by Crippen LogP contribution is -1.98. The molecule has 0 spiro atoms. The summed E-state index contributed by atoms with van der Waals surface area (Å²) in [5.74, 6) is -1.14. The van der Waals surface area contributed by atoms with Gasteiger partial charge in [0.25, 0.3) is 5.69 Å². The average Bonchev–Trinajstić information content (AvgIpc) is 2.39. The fraction of sp³-hybridized carbons (Fsp3) is 0. The van der Waals surface area contributed by atoms with Gasteiger partial charge in [-0.3, -0.25) is 15.1 Å². The Morgan fingerprint density at radius 3 is 2.74 bits per heavy atom. The van der Waals surface area contributed by atoms with Crippen molar-refractivity contribution in [2.24, 2.45) is 0 Å². The molecule has 0 aliphatic heterocycles. The highest BCUT2D eigenvalue weighted by Gasteiger charge is 2.18. The molecule has 19 heavy (non-hydrogen) atoms. The molecule has 0 aliphatic carbocycles. The van der Waals surface area contributed by atoms with Crippen LogP contribution in [-0.2, 0) is 0 Å². The summed E-state index contributed by atoms with van der Waals surface area (Å²) >= 11 is 0.996. The van der Waals surface area contributed by atoms with E-state index < -0.39 is 10.9 Å². The van der Waals surface area contributed by atoms with Gasteiger partial charge in [-0.2, -0.15) is 0 Å². The first kappa shape index (κ1) is 13.0. The third-order valence-electron chi connectivity index (χ3n) is 2.16. The number of aromatic carboxylic acids is 1. The maximum absolute atomic E-state index is 10.9. The smallest absolute Gasteiger partial charge is 0.335 e. The molecule has 2 rings (SSSR count). The molecule has 0 saturated carbocycles. The van der Waals surface area contributed by atoms with Crippen molar-refractivity contribution in [1.82, 2.24) is 9.97 Å². The normalized spacial score (nSPS) is 10.1. The molecule has 1 heterocycles. The standard InChI is InChI=1S/C11H7N3O4S/c15-11(16)7-1-2-8(14(17)18)9(5-7)19-10-6-12-3-4-13-10/h1-6H,(H,15,16). The molecule has 8 heteroatoms. The van der Waals surface area contributed by atoms with E-state index in [1.807, 2.05) is 0 Å². The first-order valence-electron chi connectivity index (χ1n) is 5.03. The summed E-state index contributed by atoms with van der Waals surface area (Å²) in [4.78, 5) is 29.3. The molecule has 0 saturated heterocycles. The minimum atomic E-state index is -1.14. The second-order valence-corrected chi connectivity index (χ2v) is 4.45. The number of nitro benzene ring substituents is 1. The monoisotopic (exact) mass is 277 g/mol. The molecule has 0 unspecified atom stereocenters. The van der Waals surface area contributed by atoms with E-state index in [-0.39, 0.29) is 16.1 Å². The predicted octanol–water partition coefficient (Wildman–Crippen LogP) is 2.23. The van der Waals surface area contributed by atoms with Crippen molar-refractivity contribution in [3.63, 3.8) is 0 Å². The number of hydrogen-bond acceptors (Lipinski definition) is 6. The van der Waals surface area contributed by atoms with Crippen LogP contribution in [0.25, 0.3) is 0 Å². The molecular weight excluding hydrogens is 270 g/mol. The van der Waals surface area contributed by atoms with Crippen LogP contribution in [0, 0.1) is 10.1 Å². The average molecular weight is 277 g/mol. The van der Waals surface area contributed by atoms with Gasteiger partial charge in [0.05, 0.1) is 21.6 Å². The molecule has 0 amide bonds. The Labute approximate surface area is 111 Å². The van der Waals surface area contributed by atoms with Gasteiger partial charge in [-0.1, -0.05) is 11.8 Å². The second kappa shape index (κ2) is 5.44. The summed E-state index contributed by atoms with van der Waals surface area (Å²) in [6, 6.07) is 3.61. The summed E-state index contributed by atoms with van der Waals surface area (Å²) in [7, 11) is 0. The fourth-order valence-corrected chi connectivity index (χ4v) is 2.22. The van der Waals surface area contributed by atoms with Gasteiger partial charge in [-0.05, 0) is 12.1 Å². The van der Waals surface area contributed by atoms with Crippen molar-refractivity contribution >= 4 is 23.4 Å². The summed E-state index contributed by atoms with van der Waals surface area (Å²) in [5, 5.41) is 20.3. The molecule has 2 aromatic rings. The molecule has 0 atom stereocenters. The SMILES string of the molecule is O=C(O)c1ccc([N+](=O)[O-])c(Sc2cnccn2)c1. The van der Waals surface area contributed by atoms with Crippen LogP contribution in [0.3, 0.4) is 0 Å². The highest BCUT2D eigenvalue weighted by atomic mass is 32.2. The van der Waals surface area contributed by atoms with Gasteiger partial charge >= 0.3 is 5.97 Å². The number of nitrogens with zero attached hydrogens (tertiary/aromatic N) is 3. The molecule has 7 nitrogen and oxygen atoms in total. The molecule has 1 aromatic carbocycles. The number of hydrogen-bond donors (Lipinski definition) is 1. The van der Waals surface area contributed by atoms with Crippen molar-refractivity contribution < 1.29 is 14.8 Å². The third-order valence-corrected chi connectivity index (χ3v) is 3.12. The summed E-state index contributed by atoms with van der Waals surface area (Å²) in [6.07, 6.45) is 4.38. The number of aromatic nitrogens is 2. The Bertz CT molecular complexity index is 633. The maximum Gasteiger partial charge on any atom is 0.335 e. The molecule has 1 aromatic heterocycles. The van der Waals surface area contributed by atoms with Crippen LogP contribution in [0.4, 0.5) is 5.69 Å². The minimum absolute atomic E-state index is 0.0167. The van der Waals surface area contributed by atoms with Crippen molar-refractivity contribution in [1.29, 1.82) is 0 Å². The van der Waals surface area contributed by atoms with Crippen LogP contribution in [0.5, 0.6) is 0 Å². The fourth-order valence-electron chi connectivity index (χ4n) is 1.33. The van der Waals surface area contributed by atoms with Crippen LogP contribution >= 0.6 is 11.8 Å². The van der Waals surface area contributed by atoms with Gasteiger partial charge in [-0.15, -0.1) is 0 Å². The van der Waals surface area contributed by atoms with Crippen LogP contribution in [0.15, 0.2) is 46.7 Å². The Morgan fingerprint density at radius 2 is 2.16 bits per heavy atom. The molecule has 0 radical (unpaired) electrons. The van der Waals surface area contributed by atoms with Crippen LogP contribution in [0.2, 0.25) is 0 Å². The van der Waals surface area contributed by atoms with E-state index in [2.05, 4.69) is 9.97 Å². The van der Waals surface area contributed by atoms with E-state index in [1.165, 1.54) is 36.8 Å². The van der Waals surface area contributed by atoms with Gasteiger partial charge in [0, 0.05) is 18.5 Å². The van der Waals surface area contributed by atoms with Crippen LogP contribution in [0.1, 0.15) is 10.4 Å². The minimum Gasteiger partial charge on any atom is -0.478 e. The number of carboxylic acids is 1. The van der Waals surface area contributed by atoms with Crippen LogP contribution < -0.4 is 0 Å². The van der Waals surface area contributed by atoms with E-state index in [0.29, 0.717) is 5.03 Å². The van der Waals surface area contributed by atoms with Gasteiger partial charge < -0.3 is 5.11 Å². The Balaban J connectivity index is 2.43. The third kappa shape index (κ3) is 3.05. The number of carboxylic acid groups (broad SMARTS) is 1. The van der Waals surface area contributed by atoms with E-state index in [4.69, 9.17) is 5.11 Å². The van der Waals surface area contributed by atoms with Gasteiger partial charge in [0.15, 0.2) is 0 Å². The Morgan fingerprint density at radius 1 is 1.37 bits per heavy atom. The summed E-state index contributed by atoms with van der Waals surface area (Å²) in [5.41, 5.74) is -0.183. The van der Waals surface area contributed by atoms with E-state index >= 15 is 0 Å². The Kier molecular flexibility index (Phi) is 3.71. The lowest BCUT2D eigenvalue weighted by molar-refractivity contribution is -0.387. The number of nitro groups is 1. The zero-order chi connectivity index (χ0) is 13.8. The van der Waals surface area contributed by atoms with Crippen molar-refractivity contribution in [3.8, 4) is 0 Å². The highest BCUT2D eigenvalue weighted by molar-refractivity contribution is 7.99. The lowest BCUT2D eigenvalue weighted by Gasteiger charge is -2.03. The Hall–Kier alpha value is -2.48. The van der Waals surface area contributed by atoms with Crippen molar-refractivity contribution in [2.75, 3.05) is 0 Å². The molecular formula is C11H7N3O4S. The van der Waals surface area contributed by atoms with E-state index in [9.17, 15) is 14.9 Å². The quantitative estimate of drug-likeness (QED) is 0.674. The van der Waals surface area contributed by atoms with Crippen molar-refractivity contribution in [3.05, 3.63) is 52.5 Å². The highest BCUT2D eigenvalue weighted by Crippen LogP contribution is 2.34. The second-order valence-electron chi connectivity index (χ2n) is 3.39. The van der Waals surface area contributed by atoms with Crippen LogP contribution in [-0.4, -0.2) is 26.0 Å². The van der Waals surface area contributed by atoms with E-state index in [0.717, 1.165) is 11.8 Å². The topological polar surface area (TPSA) is 106 Å². The van der Waals surface area contributed by atoms with Gasteiger partial charge in [-0.25, -0.2) is 9.78 Å². The van der Waals surface area contributed by atoms with Crippen molar-refractivity contribution in [2.45, 2.75) is 9.92 Å². The zero-order valence-electron chi connectivity index (χ0n) is 9.39. The maximum atomic E-state index is 10.9. The lowest BCUT2D eigenvalue weighted by atomic mass is 10.2. The van der Waals surface area contributed by atoms with Gasteiger partial charge in [0.2, 0.25) is 0 Å². The van der Waals surface area contributed by atoms with E-state index in [1.54, 1.807) is 0 Å². The molecule has 96 valence electrons. The summed E-state index contributed by atoms with van der Waals surface area (Å²) < 4.78 is 0. The largest absolute Gasteiger partial charge is 0.478 e. The first-order chi connectivity index (χ1) is 9.08. The van der Waals surface area contributed by atoms with Gasteiger partial charge in [0.1, 0.15) is 5.03 Å². The predicted molar refractivity (Wildman–Crippen MR) is 66.2 cm³/mol. The molecule has 1 N–H and O–H groups in total. The first-order valence-corrected chi connectivity index (χ1v) is 5.85. The zero-order valence-corrected chi connectivity index (χ0v) is 10.2. The number of carbonyl (C=O) groups is 1. The number of rotatable bonds is 4. The number of benzene rings is 1. The molecule has 0 fully saturated rings. The molecule has 0 aliphatic rings. The summed E-state index contributed by atoms with van der Waals surface area (Å²) in [6.45, 7) is 0. The molecule has 0 bridgehead atoms.